The summed E-state index contributed by atoms with van der Waals surface area (Å²) in [5.41, 5.74) is -2.55. The van der Waals surface area contributed by atoms with Crippen LogP contribution in [0.2, 0.25) is 0 Å². The van der Waals surface area contributed by atoms with E-state index in [1.54, 1.807) is 6.92 Å². The van der Waals surface area contributed by atoms with Crippen LogP contribution in [0.25, 0.3) is 21.1 Å². The minimum Gasteiger partial charge on any atom is -0.372 e. The van der Waals surface area contributed by atoms with E-state index in [0.717, 1.165) is 17.4 Å². The van der Waals surface area contributed by atoms with E-state index in [-0.39, 0.29) is 38.7 Å². The van der Waals surface area contributed by atoms with E-state index < -0.39 is 34.9 Å². The molecule has 1 aromatic carbocycles. The van der Waals surface area contributed by atoms with E-state index in [2.05, 4.69) is 44.3 Å². The normalized spacial score (nSPS) is 12.6. The van der Waals surface area contributed by atoms with E-state index in [1.807, 2.05) is 0 Å². The summed E-state index contributed by atoms with van der Waals surface area (Å²) in [4.78, 5) is 28.5. The number of thiazole rings is 1. The minimum absolute atomic E-state index is 0.0479. The first kappa shape index (κ1) is 25.9. The molecule has 0 saturated heterocycles. The fraction of sp³-hybridized carbons (Fsp3) is 0.273. The second-order valence-corrected chi connectivity index (χ2v) is 9.04. The molecule has 2 aromatic heterocycles. The van der Waals surface area contributed by atoms with E-state index >= 15 is 0 Å². The van der Waals surface area contributed by atoms with Crippen LogP contribution in [-0.4, -0.2) is 32.5 Å². The molecule has 0 fully saturated rings. The number of nitrogens with zero attached hydrogens (tertiary/aromatic N) is 2. The number of aromatic amines is 1. The van der Waals surface area contributed by atoms with Crippen LogP contribution >= 0.6 is 11.3 Å². The Balaban J connectivity index is 1.85. The smallest absolute Gasteiger partial charge is 0.372 e. The Hall–Kier alpha value is -3.74. The minimum atomic E-state index is -4.66. The summed E-state index contributed by atoms with van der Waals surface area (Å²) in [5, 5.41) is 14.3. The Morgan fingerprint density at radius 3 is 2.54 bits per heavy atom. The van der Waals surface area contributed by atoms with Crippen molar-refractivity contribution in [1.29, 1.82) is 0 Å². The molecule has 0 spiro atoms. The summed E-state index contributed by atoms with van der Waals surface area (Å²) in [6.07, 6.45) is -1.99. The fourth-order valence-electron chi connectivity index (χ4n) is 3.10. The molecule has 35 heavy (non-hydrogen) atoms. The zero-order chi connectivity index (χ0) is 26.1. The molecule has 8 nitrogen and oxygen atoms in total. The number of nitrogens with one attached hydrogen (secondary N) is 4. The molecular formula is C22H22F4N6O2S. The highest BCUT2D eigenvalue weighted by Gasteiger charge is 2.36. The number of amides is 2. The Labute approximate surface area is 201 Å². The van der Waals surface area contributed by atoms with Gasteiger partial charge in [0.15, 0.2) is 5.13 Å². The molecule has 0 atom stereocenters. The summed E-state index contributed by atoms with van der Waals surface area (Å²) in [6.45, 7) is 11.4. The van der Waals surface area contributed by atoms with Gasteiger partial charge in [0.05, 0.1) is 33.2 Å². The van der Waals surface area contributed by atoms with Crippen LogP contribution in [0.4, 0.5) is 22.7 Å². The summed E-state index contributed by atoms with van der Waals surface area (Å²) in [5.74, 6) is -1.99. The van der Waals surface area contributed by atoms with Crippen molar-refractivity contribution in [3.05, 3.63) is 54.3 Å². The van der Waals surface area contributed by atoms with Crippen LogP contribution in [0.1, 0.15) is 32.8 Å². The Morgan fingerprint density at radius 2 is 1.94 bits per heavy atom. The van der Waals surface area contributed by atoms with Crippen molar-refractivity contribution in [3.8, 4) is 0 Å². The number of H-pyrrole nitrogens is 1. The molecule has 0 unspecified atom stereocenters. The number of fused-ring (bicyclic) bond motifs is 3. The van der Waals surface area contributed by atoms with Crippen molar-refractivity contribution in [3.63, 3.8) is 0 Å². The van der Waals surface area contributed by atoms with Gasteiger partial charge in [0.25, 0.3) is 5.91 Å². The number of halogens is 4. The highest BCUT2D eigenvalue weighted by Crippen LogP contribution is 2.41. The number of anilines is 1. The molecule has 0 aliphatic rings. The molecular weight excluding hydrogens is 488 g/mol. The highest BCUT2D eigenvalue weighted by atomic mass is 32.1. The van der Waals surface area contributed by atoms with Crippen LogP contribution in [0, 0.1) is 0 Å². The summed E-state index contributed by atoms with van der Waals surface area (Å²) in [7, 11) is 0. The number of allylic oxidation sites excluding steroid dienone is 2. The van der Waals surface area contributed by atoms with Gasteiger partial charge < -0.3 is 10.6 Å². The molecule has 0 aliphatic heterocycles. The third-order valence-electron chi connectivity index (χ3n) is 4.86. The van der Waals surface area contributed by atoms with Gasteiger partial charge in [-0.1, -0.05) is 31.4 Å². The Morgan fingerprint density at radius 1 is 1.26 bits per heavy atom. The lowest BCUT2D eigenvalue weighted by atomic mass is 10.0. The number of carbonyl (C=O) groups excluding carboxylic acids is 2. The average Bonchev–Trinajstić information content (AvgIpc) is 3.37. The van der Waals surface area contributed by atoms with Gasteiger partial charge in [-0.2, -0.15) is 18.3 Å². The summed E-state index contributed by atoms with van der Waals surface area (Å²) >= 11 is 0.875. The van der Waals surface area contributed by atoms with Crippen LogP contribution in [0.5, 0.6) is 0 Å². The van der Waals surface area contributed by atoms with Crippen molar-refractivity contribution >= 4 is 49.4 Å². The first-order valence-electron chi connectivity index (χ1n) is 10.2. The summed E-state index contributed by atoms with van der Waals surface area (Å²) in [6, 6.07) is 0.922. The van der Waals surface area contributed by atoms with Crippen LogP contribution in [-0.2, 0) is 15.8 Å². The number of hydrogen-bond donors (Lipinski definition) is 4. The van der Waals surface area contributed by atoms with Gasteiger partial charge in [-0.3, -0.25) is 20.0 Å². The second-order valence-electron chi connectivity index (χ2n) is 8.04. The number of carbonyl (C=O) groups is 2. The zero-order valence-corrected chi connectivity index (χ0v) is 19.8. The summed E-state index contributed by atoms with van der Waals surface area (Å²) < 4.78 is 54.6. The Kier molecular flexibility index (Phi) is 7.01. The molecule has 3 aromatic rings. The van der Waals surface area contributed by atoms with Gasteiger partial charge >= 0.3 is 6.18 Å². The molecule has 3 rings (SSSR count). The molecule has 0 radical (unpaired) electrons. The fourth-order valence-corrected chi connectivity index (χ4v) is 4.10. The van der Waals surface area contributed by atoms with Crippen molar-refractivity contribution in [2.45, 2.75) is 38.9 Å². The van der Waals surface area contributed by atoms with Gasteiger partial charge in [0, 0.05) is 17.5 Å². The van der Waals surface area contributed by atoms with E-state index in [9.17, 15) is 27.2 Å². The highest BCUT2D eigenvalue weighted by molar-refractivity contribution is 7.23. The molecule has 4 N–H and O–H groups in total. The van der Waals surface area contributed by atoms with Crippen LogP contribution in [0.3, 0.4) is 0 Å². The maximum Gasteiger partial charge on any atom is 0.418 e. The predicted molar refractivity (Wildman–Crippen MR) is 126 cm³/mol. The molecule has 0 aliphatic carbocycles. The van der Waals surface area contributed by atoms with Gasteiger partial charge in [0.2, 0.25) is 5.91 Å². The van der Waals surface area contributed by atoms with Crippen molar-refractivity contribution in [1.82, 2.24) is 25.8 Å². The lowest BCUT2D eigenvalue weighted by molar-refractivity contribution is -0.136. The van der Waals surface area contributed by atoms with E-state index in [0.29, 0.717) is 5.39 Å². The maximum absolute atomic E-state index is 13.7. The topological polar surface area (TPSA) is 112 Å². The third-order valence-corrected chi connectivity index (χ3v) is 5.86. The molecule has 0 saturated carbocycles. The molecule has 13 heteroatoms. The van der Waals surface area contributed by atoms with Crippen molar-refractivity contribution < 1.29 is 27.2 Å². The average molecular weight is 511 g/mol. The quantitative estimate of drug-likeness (QED) is 0.254. The SMILES string of the molecule is C=C(/C=C(/NC(=O)CC)C(=C)F)NC(C)(C)C(=O)Nc1nc2c(C(F)(F)F)cc3[nH]ncc3c2s1. The monoisotopic (exact) mass is 510 g/mol. The molecule has 2 heterocycles. The van der Waals surface area contributed by atoms with Crippen LogP contribution in [0.15, 0.2) is 48.7 Å². The number of rotatable bonds is 8. The molecule has 186 valence electrons. The Bertz CT molecular complexity index is 1370. The number of benzene rings is 1. The van der Waals surface area contributed by atoms with Crippen LogP contribution < -0.4 is 16.0 Å². The first-order valence-corrected chi connectivity index (χ1v) is 11.0. The van der Waals surface area contributed by atoms with E-state index in [1.165, 1.54) is 26.1 Å². The number of hydrogen-bond acceptors (Lipinski definition) is 6. The lowest BCUT2D eigenvalue weighted by Gasteiger charge is -2.26. The van der Waals surface area contributed by atoms with Gasteiger partial charge in [-0.25, -0.2) is 9.37 Å². The molecule has 0 bridgehead atoms. The molecule has 2 amide bonds. The van der Waals surface area contributed by atoms with Crippen molar-refractivity contribution in [2.75, 3.05) is 5.32 Å². The van der Waals surface area contributed by atoms with Gasteiger partial charge in [0.1, 0.15) is 11.4 Å². The van der Waals surface area contributed by atoms with Gasteiger partial charge in [-0.05, 0) is 26.0 Å². The standard InChI is InChI=1S/C22H22F4N6O2S/c1-6-16(33)28-14(11(3)23)7-10(2)31-21(4,5)19(34)30-20-29-17-13(22(24,25)26)8-15-12(9-27-32-15)18(17)35-20/h7-9,31H,2-3,6H2,1,4-5H3,(H,27,32)(H,28,33)(H,29,30,34)/b14-7+. The van der Waals surface area contributed by atoms with Gasteiger partial charge in [-0.15, -0.1) is 0 Å². The second kappa shape index (κ2) is 9.49. The largest absolute Gasteiger partial charge is 0.418 e. The van der Waals surface area contributed by atoms with Crippen molar-refractivity contribution in [2.24, 2.45) is 0 Å². The van der Waals surface area contributed by atoms with E-state index in [4.69, 9.17) is 0 Å². The third kappa shape index (κ3) is 5.67. The predicted octanol–water partition coefficient (Wildman–Crippen LogP) is 4.91. The number of alkyl halides is 3. The lowest BCUT2D eigenvalue weighted by Crippen LogP contribution is -2.49. The maximum atomic E-state index is 13.7. The zero-order valence-electron chi connectivity index (χ0n) is 19.0. The number of aromatic nitrogens is 3. The first-order chi connectivity index (χ1) is 16.2.